The number of nitrogens with two attached hydrogens (primary N) is 2. The normalized spacial score (nSPS) is 28.4. The fourth-order valence-corrected chi connectivity index (χ4v) is 0.760. The van der Waals surface area contributed by atoms with Crippen LogP contribution in [0.15, 0.2) is 23.9 Å². The quantitative estimate of drug-likeness (QED) is 0.528. The topological polar surface area (TPSA) is 69.1 Å². The van der Waals surface area contributed by atoms with Gasteiger partial charge in [-0.25, -0.2) is 0 Å². The van der Waals surface area contributed by atoms with Gasteiger partial charge in [0.05, 0.1) is 0 Å². The molecule has 0 aromatic rings. The molecule has 0 aliphatic heterocycles. The molecule has 0 heterocycles. The van der Waals surface area contributed by atoms with E-state index in [9.17, 15) is 0 Å². The first-order valence-electron chi connectivity index (χ1n) is 3.33. The van der Waals surface area contributed by atoms with Crippen LogP contribution in [0.1, 0.15) is 13.3 Å². The summed E-state index contributed by atoms with van der Waals surface area (Å²) in [5.41, 5.74) is 11.9. The summed E-state index contributed by atoms with van der Waals surface area (Å²) >= 11 is 0. The summed E-state index contributed by atoms with van der Waals surface area (Å²) in [5, 5.41) is 0. The van der Waals surface area contributed by atoms with E-state index in [2.05, 4.69) is 0 Å². The molecule has 1 aliphatic rings. The first-order chi connectivity index (χ1) is 5.10. The van der Waals surface area contributed by atoms with Gasteiger partial charge in [0.25, 0.3) is 0 Å². The zero-order valence-electron chi connectivity index (χ0n) is 6.71. The smallest absolute Gasteiger partial charge is 0.106 e. The van der Waals surface area contributed by atoms with Crippen molar-refractivity contribution in [2.45, 2.75) is 18.9 Å². The molecule has 1 aliphatic carbocycles. The highest BCUT2D eigenvalue weighted by Gasteiger charge is 2.14. The summed E-state index contributed by atoms with van der Waals surface area (Å²) in [4.78, 5) is 8.00. The van der Waals surface area contributed by atoms with Crippen molar-refractivity contribution in [1.29, 1.82) is 0 Å². The van der Waals surface area contributed by atoms with Gasteiger partial charge in [-0.2, -0.15) is 0 Å². The zero-order valence-corrected chi connectivity index (χ0v) is 6.71. The summed E-state index contributed by atoms with van der Waals surface area (Å²) in [5.74, 6) is 0. The van der Waals surface area contributed by atoms with E-state index in [0.29, 0.717) is 0 Å². The number of allylic oxidation sites excluding steroid dienone is 1. The van der Waals surface area contributed by atoms with Gasteiger partial charge in [0.2, 0.25) is 0 Å². The summed E-state index contributed by atoms with van der Waals surface area (Å²) in [7, 11) is 0. The average molecular weight is 154 g/mol. The zero-order chi connectivity index (χ0) is 8.91. The van der Waals surface area contributed by atoms with E-state index in [0.717, 1.165) is 12.1 Å². The molecule has 0 saturated heterocycles. The Balaban J connectivity index is 0.000000461. The maximum Gasteiger partial charge on any atom is 0.106 e. The van der Waals surface area contributed by atoms with Crippen LogP contribution in [0, 0.1) is 0 Å². The van der Waals surface area contributed by atoms with Crippen LogP contribution in [0.2, 0.25) is 0 Å². The van der Waals surface area contributed by atoms with Gasteiger partial charge in [0, 0.05) is 11.2 Å². The lowest BCUT2D eigenvalue weighted by atomic mass is 9.94. The molecule has 4 N–H and O–H groups in total. The SMILES string of the molecule is C=O.CC1(N)C=CC(N)=CC1. The van der Waals surface area contributed by atoms with Gasteiger partial charge in [0.1, 0.15) is 6.79 Å². The highest BCUT2D eigenvalue weighted by molar-refractivity contribution is 5.25. The predicted octanol–water partition coefficient (Wildman–Crippen LogP) is 0.321. The van der Waals surface area contributed by atoms with Gasteiger partial charge >= 0.3 is 0 Å². The molecule has 0 aromatic heterocycles. The van der Waals surface area contributed by atoms with E-state index in [1.165, 1.54) is 0 Å². The Bertz CT molecular complexity index is 183. The van der Waals surface area contributed by atoms with E-state index < -0.39 is 0 Å². The van der Waals surface area contributed by atoms with Crippen LogP contribution in [0.3, 0.4) is 0 Å². The van der Waals surface area contributed by atoms with Gasteiger partial charge in [-0.05, 0) is 19.4 Å². The van der Waals surface area contributed by atoms with E-state index in [1.54, 1.807) is 0 Å². The van der Waals surface area contributed by atoms with Crippen molar-refractivity contribution >= 4 is 6.79 Å². The number of carbonyl (C=O) groups excluding carboxylic acids is 1. The Labute approximate surface area is 66.8 Å². The van der Waals surface area contributed by atoms with Gasteiger partial charge < -0.3 is 16.3 Å². The largest absolute Gasteiger partial charge is 0.399 e. The third kappa shape index (κ3) is 3.57. The second kappa shape index (κ2) is 3.93. The second-order valence-electron chi connectivity index (χ2n) is 2.75. The van der Waals surface area contributed by atoms with Gasteiger partial charge in [-0.15, -0.1) is 0 Å². The average Bonchev–Trinajstić information content (AvgIpc) is 2.00. The summed E-state index contributed by atoms with van der Waals surface area (Å²) in [6.07, 6.45) is 6.57. The number of hydrogen-bond acceptors (Lipinski definition) is 3. The number of carbonyl (C=O) groups is 1. The maximum absolute atomic E-state index is 8.00. The highest BCUT2D eigenvalue weighted by Crippen LogP contribution is 2.14. The molecular formula is C8H14N2O. The van der Waals surface area contributed by atoms with Crippen molar-refractivity contribution in [2.24, 2.45) is 11.5 Å². The predicted molar refractivity (Wildman–Crippen MR) is 45.7 cm³/mol. The standard InChI is InChI=1S/C7H12N2.CH2O/c1-7(9)4-2-6(8)3-5-7;1-2/h2-4H,5,8-9H2,1H3;1H2. The van der Waals surface area contributed by atoms with E-state index in [1.807, 2.05) is 31.9 Å². The molecule has 3 nitrogen and oxygen atoms in total. The van der Waals surface area contributed by atoms with Crippen molar-refractivity contribution in [1.82, 2.24) is 0 Å². The Hall–Kier alpha value is -1.09. The maximum atomic E-state index is 8.00. The first kappa shape index (κ1) is 9.91. The molecule has 0 saturated carbocycles. The van der Waals surface area contributed by atoms with Crippen molar-refractivity contribution in [2.75, 3.05) is 0 Å². The van der Waals surface area contributed by atoms with Crippen LogP contribution in [0.4, 0.5) is 0 Å². The van der Waals surface area contributed by atoms with Crippen molar-refractivity contribution < 1.29 is 4.79 Å². The lowest BCUT2D eigenvalue weighted by Crippen LogP contribution is -2.34. The molecule has 62 valence electrons. The fraction of sp³-hybridized carbons (Fsp3) is 0.375. The third-order valence-corrected chi connectivity index (χ3v) is 1.43. The van der Waals surface area contributed by atoms with Crippen LogP contribution in [-0.2, 0) is 4.79 Å². The Morgan fingerprint density at radius 1 is 1.64 bits per heavy atom. The molecular weight excluding hydrogens is 140 g/mol. The minimum atomic E-state index is -0.178. The number of rotatable bonds is 0. The van der Waals surface area contributed by atoms with Gasteiger partial charge in [-0.3, -0.25) is 0 Å². The molecule has 1 unspecified atom stereocenters. The lowest BCUT2D eigenvalue weighted by molar-refractivity contribution is -0.0979. The molecule has 1 rings (SSSR count). The van der Waals surface area contributed by atoms with Crippen LogP contribution in [-0.4, -0.2) is 12.3 Å². The molecule has 0 amide bonds. The molecule has 1 atom stereocenters. The van der Waals surface area contributed by atoms with Gasteiger partial charge in [0.15, 0.2) is 0 Å². The summed E-state index contributed by atoms with van der Waals surface area (Å²) < 4.78 is 0. The minimum absolute atomic E-state index is 0.178. The minimum Gasteiger partial charge on any atom is -0.399 e. The summed E-state index contributed by atoms with van der Waals surface area (Å²) in [6, 6.07) is 0. The molecule has 0 aromatic carbocycles. The molecule has 3 heteroatoms. The molecule has 0 spiro atoms. The number of hydrogen-bond donors (Lipinski definition) is 2. The van der Waals surface area contributed by atoms with Crippen LogP contribution in [0.25, 0.3) is 0 Å². The van der Waals surface area contributed by atoms with E-state index in [4.69, 9.17) is 16.3 Å². The van der Waals surface area contributed by atoms with E-state index in [-0.39, 0.29) is 5.54 Å². The Kier molecular flexibility index (Phi) is 3.54. The fourth-order valence-electron chi connectivity index (χ4n) is 0.760. The lowest BCUT2D eigenvalue weighted by Gasteiger charge is -2.21. The monoisotopic (exact) mass is 154 g/mol. The van der Waals surface area contributed by atoms with E-state index >= 15 is 0 Å². The van der Waals surface area contributed by atoms with Crippen LogP contribution >= 0.6 is 0 Å². The van der Waals surface area contributed by atoms with Crippen molar-refractivity contribution in [3.05, 3.63) is 23.9 Å². The van der Waals surface area contributed by atoms with Crippen molar-refractivity contribution in [3.63, 3.8) is 0 Å². The Morgan fingerprint density at radius 3 is 2.45 bits per heavy atom. The molecule has 0 radical (unpaired) electrons. The highest BCUT2D eigenvalue weighted by atomic mass is 16.1. The summed E-state index contributed by atoms with van der Waals surface area (Å²) in [6.45, 7) is 3.98. The van der Waals surface area contributed by atoms with Crippen molar-refractivity contribution in [3.8, 4) is 0 Å². The molecule has 0 fully saturated rings. The molecule has 11 heavy (non-hydrogen) atoms. The molecule has 0 bridgehead atoms. The Morgan fingerprint density at radius 2 is 2.18 bits per heavy atom. The van der Waals surface area contributed by atoms with Crippen LogP contribution < -0.4 is 11.5 Å². The third-order valence-electron chi connectivity index (χ3n) is 1.43. The second-order valence-corrected chi connectivity index (χ2v) is 2.75. The first-order valence-corrected chi connectivity index (χ1v) is 3.33. The van der Waals surface area contributed by atoms with Crippen LogP contribution in [0.5, 0.6) is 0 Å². The van der Waals surface area contributed by atoms with Gasteiger partial charge in [-0.1, -0.05) is 12.2 Å².